The zero-order valence-electron chi connectivity index (χ0n) is 12.8. The molecule has 0 unspecified atom stereocenters. The Morgan fingerprint density at radius 2 is 0.909 bits per heavy atom. The Kier molecular flexibility index (Phi) is 2.09. The van der Waals surface area contributed by atoms with Gasteiger partial charge >= 0.3 is 0 Å². The summed E-state index contributed by atoms with van der Waals surface area (Å²) in [6, 6.07) is 9.78. The monoisotopic (exact) mass is 284 g/mol. The number of hydrogen-bond acceptors (Lipinski definition) is 0. The molecule has 0 nitrogen and oxygen atoms in total. The summed E-state index contributed by atoms with van der Waals surface area (Å²) in [5, 5.41) is 3.10. The molecule has 2 aromatic carbocycles. The zero-order chi connectivity index (χ0) is 14.3. The second kappa shape index (κ2) is 3.93. The van der Waals surface area contributed by atoms with Crippen LogP contribution in [0.4, 0.5) is 0 Å². The molecule has 0 saturated carbocycles. The van der Waals surface area contributed by atoms with Gasteiger partial charge in [-0.15, -0.1) is 0 Å². The highest BCUT2D eigenvalue weighted by Crippen LogP contribution is 2.52. The summed E-state index contributed by atoms with van der Waals surface area (Å²) in [5.74, 6) is 2.68. The van der Waals surface area contributed by atoms with Crippen LogP contribution >= 0.6 is 0 Å². The van der Waals surface area contributed by atoms with Crippen LogP contribution in [-0.2, 0) is 0 Å². The molecular weight excluding hydrogens is 264 g/mol. The molecule has 0 radical (unpaired) electrons. The van der Waals surface area contributed by atoms with Gasteiger partial charge in [-0.25, -0.2) is 0 Å². The smallest absolute Gasteiger partial charge is 0.00276 e. The molecule has 0 fully saturated rings. The lowest BCUT2D eigenvalue weighted by atomic mass is 9.67. The number of benzene rings is 2. The van der Waals surface area contributed by atoms with Gasteiger partial charge < -0.3 is 0 Å². The lowest BCUT2D eigenvalue weighted by Gasteiger charge is -2.37. The van der Waals surface area contributed by atoms with Crippen LogP contribution in [0.25, 0.3) is 10.8 Å². The largest absolute Gasteiger partial charge is 0.0804 e. The molecule has 4 bridgehead atoms. The Labute approximate surface area is 131 Å². The summed E-state index contributed by atoms with van der Waals surface area (Å²) in [6.45, 7) is 0. The number of allylic oxidation sites excluding steroid dienone is 4. The summed E-state index contributed by atoms with van der Waals surface area (Å²) < 4.78 is 0. The fourth-order valence-corrected chi connectivity index (χ4v) is 5.60. The first-order chi connectivity index (χ1) is 10.9. The molecule has 22 heavy (non-hydrogen) atoms. The summed E-state index contributed by atoms with van der Waals surface area (Å²) in [6.07, 6.45) is 15.2. The highest BCUT2D eigenvalue weighted by atomic mass is 14.4. The fraction of sp³-hybridized carbons (Fsp3) is 0.364. The highest BCUT2D eigenvalue weighted by molar-refractivity contribution is 5.93. The molecule has 0 saturated heterocycles. The highest BCUT2D eigenvalue weighted by Gasteiger charge is 2.34. The molecule has 0 aliphatic heterocycles. The van der Waals surface area contributed by atoms with E-state index in [4.69, 9.17) is 0 Å². The van der Waals surface area contributed by atoms with Gasteiger partial charge in [0.2, 0.25) is 0 Å². The Balaban J connectivity index is 1.70. The summed E-state index contributed by atoms with van der Waals surface area (Å²) in [5.41, 5.74) is 6.54. The van der Waals surface area contributed by atoms with E-state index < -0.39 is 0 Å². The van der Waals surface area contributed by atoms with E-state index in [-0.39, 0.29) is 0 Å². The van der Waals surface area contributed by atoms with Crippen LogP contribution in [0.5, 0.6) is 0 Å². The van der Waals surface area contributed by atoms with Crippen LogP contribution in [0.2, 0.25) is 0 Å². The first-order valence-electron chi connectivity index (χ1n) is 8.86. The molecule has 0 spiro atoms. The predicted molar refractivity (Wildman–Crippen MR) is 91.7 cm³/mol. The molecule has 0 amide bonds. The minimum atomic E-state index is 0.665. The first kappa shape index (κ1) is 11.7. The van der Waals surface area contributed by atoms with Crippen molar-refractivity contribution in [3.05, 3.63) is 70.8 Å². The van der Waals surface area contributed by atoms with Gasteiger partial charge in [-0.1, -0.05) is 48.6 Å². The number of rotatable bonds is 0. The zero-order valence-corrected chi connectivity index (χ0v) is 12.8. The molecule has 4 atom stereocenters. The Hall–Kier alpha value is -1.82. The second-order valence-electron chi connectivity index (χ2n) is 7.58. The molecule has 6 aliphatic carbocycles. The van der Waals surface area contributed by atoms with E-state index in [1.165, 1.54) is 25.7 Å². The van der Waals surface area contributed by atoms with Gasteiger partial charge in [0.15, 0.2) is 0 Å². The molecule has 8 rings (SSSR count). The lowest BCUT2D eigenvalue weighted by Crippen LogP contribution is -2.20. The molecule has 0 N–H and O–H groups in total. The molecule has 0 heterocycles. The molecular formula is C22H20. The average Bonchev–Trinajstić information content (AvgIpc) is 2.63. The quantitative estimate of drug-likeness (QED) is 0.528. The Morgan fingerprint density at radius 1 is 0.500 bits per heavy atom. The SMILES string of the molecule is C1=C[C@H]2CC[C@@H]1c1ccc3c4c(ccc3c12)[C@H]1C=C[C@@H]4CC1. The molecule has 6 aliphatic rings. The van der Waals surface area contributed by atoms with Crippen LogP contribution in [0.15, 0.2) is 48.6 Å². The van der Waals surface area contributed by atoms with Crippen LogP contribution in [0.1, 0.15) is 71.6 Å². The van der Waals surface area contributed by atoms with Crippen LogP contribution < -0.4 is 0 Å². The minimum Gasteiger partial charge on any atom is -0.0804 e. The maximum atomic E-state index is 2.47. The minimum absolute atomic E-state index is 0.665. The first-order valence-corrected chi connectivity index (χ1v) is 8.86. The van der Waals surface area contributed by atoms with E-state index in [9.17, 15) is 0 Å². The lowest BCUT2D eigenvalue weighted by molar-refractivity contribution is 0.553. The fourth-order valence-electron chi connectivity index (χ4n) is 5.60. The molecule has 0 heteroatoms. The van der Waals surface area contributed by atoms with Crippen LogP contribution in [0.3, 0.4) is 0 Å². The van der Waals surface area contributed by atoms with Crippen LogP contribution in [-0.4, -0.2) is 0 Å². The third kappa shape index (κ3) is 1.30. The number of fused-ring (bicyclic) bond motifs is 3. The summed E-state index contributed by atoms with van der Waals surface area (Å²) >= 11 is 0. The predicted octanol–water partition coefficient (Wildman–Crippen LogP) is 5.90. The van der Waals surface area contributed by atoms with E-state index >= 15 is 0 Å². The van der Waals surface area contributed by atoms with Gasteiger partial charge in [0.05, 0.1) is 0 Å². The van der Waals surface area contributed by atoms with Gasteiger partial charge in [-0.3, -0.25) is 0 Å². The van der Waals surface area contributed by atoms with Gasteiger partial charge in [0.25, 0.3) is 0 Å². The van der Waals surface area contributed by atoms with Crippen molar-refractivity contribution in [2.75, 3.05) is 0 Å². The third-order valence-electron chi connectivity index (χ3n) is 6.62. The number of hydrogen-bond donors (Lipinski definition) is 0. The average molecular weight is 284 g/mol. The molecule has 0 aromatic heterocycles. The van der Waals surface area contributed by atoms with E-state index in [1.54, 1.807) is 33.0 Å². The Bertz CT molecular complexity index is 794. The van der Waals surface area contributed by atoms with Gasteiger partial charge in [0, 0.05) is 23.7 Å². The van der Waals surface area contributed by atoms with Crippen molar-refractivity contribution < 1.29 is 0 Å². The summed E-state index contributed by atoms with van der Waals surface area (Å²) in [7, 11) is 0. The van der Waals surface area contributed by atoms with Gasteiger partial charge in [-0.05, 0) is 58.7 Å². The van der Waals surface area contributed by atoms with Crippen molar-refractivity contribution in [3.8, 4) is 0 Å². The van der Waals surface area contributed by atoms with E-state index in [0.29, 0.717) is 23.7 Å². The van der Waals surface area contributed by atoms with Gasteiger partial charge in [0.1, 0.15) is 0 Å². The maximum absolute atomic E-state index is 2.47. The second-order valence-corrected chi connectivity index (χ2v) is 7.58. The van der Waals surface area contributed by atoms with Crippen molar-refractivity contribution in [1.82, 2.24) is 0 Å². The maximum Gasteiger partial charge on any atom is 0.00276 e. The topological polar surface area (TPSA) is 0 Å². The van der Waals surface area contributed by atoms with E-state index in [1.807, 2.05) is 0 Å². The van der Waals surface area contributed by atoms with E-state index in [2.05, 4.69) is 48.6 Å². The van der Waals surface area contributed by atoms with Crippen molar-refractivity contribution in [2.45, 2.75) is 49.4 Å². The van der Waals surface area contributed by atoms with Crippen molar-refractivity contribution >= 4 is 10.8 Å². The van der Waals surface area contributed by atoms with E-state index in [0.717, 1.165) is 0 Å². The van der Waals surface area contributed by atoms with Crippen LogP contribution in [0, 0.1) is 0 Å². The molecule has 108 valence electrons. The van der Waals surface area contributed by atoms with Crippen molar-refractivity contribution in [1.29, 1.82) is 0 Å². The van der Waals surface area contributed by atoms with Crippen molar-refractivity contribution in [3.63, 3.8) is 0 Å². The standard InChI is InChI=1S/C22H20/c1-5-15-6-2-13(1)17-9-11-20-19(21(15)17)12-10-18-14-3-7-16(8-4-14)22(18)20/h1,3,5,7,9-16H,2,4,6,8H2/t13-,14+,15+,16-. The Morgan fingerprint density at radius 3 is 1.32 bits per heavy atom. The third-order valence-corrected chi connectivity index (χ3v) is 6.62. The van der Waals surface area contributed by atoms with Crippen molar-refractivity contribution in [2.24, 2.45) is 0 Å². The summed E-state index contributed by atoms with van der Waals surface area (Å²) in [4.78, 5) is 0. The normalized spacial score (nSPS) is 33.3. The molecule has 2 aromatic rings. The van der Waals surface area contributed by atoms with Gasteiger partial charge in [-0.2, -0.15) is 0 Å².